The lowest BCUT2D eigenvalue weighted by Gasteiger charge is -2.36. The summed E-state index contributed by atoms with van der Waals surface area (Å²) in [5.41, 5.74) is -0.00559. The molecule has 0 bridgehead atoms. The number of hydrogen-bond donors (Lipinski definition) is 1. The zero-order valence-corrected chi connectivity index (χ0v) is 14.8. The average Bonchev–Trinajstić information content (AvgIpc) is 2.50. The molecule has 0 saturated heterocycles. The number of aliphatic hydroxyl groups is 1. The lowest BCUT2D eigenvalue weighted by molar-refractivity contribution is -0.162. The van der Waals surface area contributed by atoms with Crippen LogP contribution in [-0.4, -0.2) is 34.9 Å². The van der Waals surface area contributed by atoms with Crippen molar-refractivity contribution in [1.29, 1.82) is 0 Å². The van der Waals surface area contributed by atoms with Gasteiger partial charge in [0.25, 0.3) is 0 Å². The maximum absolute atomic E-state index is 13.0. The van der Waals surface area contributed by atoms with Gasteiger partial charge in [-0.1, -0.05) is 32.0 Å². The van der Waals surface area contributed by atoms with Crippen molar-refractivity contribution in [2.45, 2.75) is 59.2 Å². The van der Waals surface area contributed by atoms with Gasteiger partial charge in [-0.15, -0.1) is 0 Å². The highest BCUT2D eigenvalue weighted by Gasteiger charge is 2.51. The average molecular weight is 332 g/mol. The largest absolute Gasteiger partial charge is 0.461 e. The molecule has 0 fully saturated rings. The summed E-state index contributed by atoms with van der Waals surface area (Å²) in [4.78, 5) is 37.7. The van der Waals surface area contributed by atoms with Crippen LogP contribution in [0.15, 0.2) is 18.2 Å². The molecular formula is C19H24O5. The van der Waals surface area contributed by atoms with E-state index >= 15 is 0 Å². The van der Waals surface area contributed by atoms with Crippen LogP contribution in [0, 0.1) is 5.41 Å². The molecule has 0 radical (unpaired) electrons. The van der Waals surface area contributed by atoms with Gasteiger partial charge in [-0.3, -0.25) is 9.59 Å². The van der Waals surface area contributed by atoms with Crippen molar-refractivity contribution in [3.8, 4) is 0 Å². The molecule has 0 saturated carbocycles. The van der Waals surface area contributed by atoms with E-state index in [0.29, 0.717) is 5.56 Å². The van der Waals surface area contributed by atoms with Crippen molar-refractivity contribution in [3.63, 3.8) is 0 Å². The van der Waals surface area contributed by atoms with E-state index in [1.807, 2.05) is 19.9 Å². The van der Waals surface area contributed by atoms with Crippen molar-refractivity contribution < 1.29 is 24.2 Å². The Morgan fingerprint density at radius 3 is 2.38 bits per heavy atom. The highest BCUT2D eigenvalue weighted by Crippen LogP contribution is 2.40. The minimum Gasteiger partial charge on any atom is -0.461 e. The van der Waals surface area contributed by atoms with Crippen LogP contribution in [0.3, 0.4) is 0 Å². The van der Waals surface area contributed by atoms with Gasteiger partial charge in [-0.05, 0) is 32.3 Å². The monoisotopic (exact) mass is 332 g/mol. The van der Waals surface area contributed by atoms with Crippen LogP contribution in [0.2, 0.25) is 0 Å². The fraction of sp³-hybridized carbons (Fsp3) is 0.526. The molecule has 0 heterocycles. The molecule has 5 heteroatoms. The first-order valence-electron chi connectivity index (χ1n) is 8.19. The van der Waals surface area contributed by atoms with E-state index in [2.05, 4.69) is 0 Å². The Kier molecular flexibility index (Phi) is 4.95. The Morgan fingerprint density at radius 1 is 1.21 bits per heavy atom. The number of aliphatic hydroxyl groups excluding tert-OH is 1. The summed E-state index contributed by atoms with van der Waals surface area (Å²) in [7, 11) is 0. The Bertz CT molecular complexity index is 689. The van der Waals surface area contributed by atoms with Crippen molar-refractivity contribution >= 4 is 17.5 Å². The van der Waals surface area contributed by atoms with Crippen LogP contribution in [0.4, 0.5) is 0 Å². The molecule has 1 aromatic rings. The number of ether oxygens (including phenoxy) is 1. The van der Waals surface area contributed by atoms with Crippen LogP contribution in [0.1, 0.15) is 73.2 Å². The highest BCUT2D eigenvalue weighted by atomic mass is 16.6. The fourth-order valence-electron chi connectivity index (χ4n) is 3.14. The van der Waals surface area contributed by atoms with Gasteiger partial charge in [0.15, 0.2) is 17.7 Å². The zero-order valence-electron chi connectivity index (χ0n) is 14.8. The summed E-state index contributed by atoms with van der Waals surface area (Å²) in [5.74, 6) is -1.41. The van der Waals surface area contributed by atoms with Crippen LogP contribution >= 0.6 is 0 Å². The summed E-state index contributed by atoms with van der Waals surface area (Å²) >= 11 is 0. The molecule has 24 heavy (non-hydrogen) atoms. The highest BCUT2D eigenvalue weighted by molar-refractivity contribution is 6.18. The number of rotatable bonds is 4. The second-order valence-electron chi connectivity index (χ2n) is 7.16. The lowest BCUT2D eigenvalue weighted by atomic mass is 9.66. The molecule has 130 valence electrons. The zero-order chi connectivity index (χ0) is 18.2. The summed E-state index contributed by atoms with van der Waals surface area (Å²) in [6, 6.07) is 5.14. The number of ketones is 2. The lowest BCUT2D eigenvalue weighted by Crippen LogP contribution is -2.50. The molecule has 0 aromatic heterocycles. The topological polar surface area (TPSA) is 80.7 Å². The van der Waals surface area contributed by atoms with Crippen LogP contribution in [-0.2, 0) is 9.53 Å². The molecule has 2 unspecified atom stereocenters. The standard InChI is InChI=1S/C19H24O5/c1-10(2)12-7-6-8-13-15(12)14(20)9-19(5,16(13)21)17(22)18(23)24-11(3)4/h6-8,10-11,17,22H,9H2,1-5H3. The first kappa shape index (κ1) is 18.3. The van der Waals surface area contributed by atoms with Gasteiger partial charge in [-0.2, -0.15) is 0 Å². The fourth-order valence-corrected chi connectivity index (χ4v) is 3.14. The van der Waals surface area contributed by atoms with Crippen molar-refractivity contribution in [1.82, 2.24) is 0 Å². The van der Waals surface area contributed by atoms with E-state index in [0.717, 1.165) is 5.56 Å². The number of fused-ring (bicyclic) bond motifs is 1. The molecule has 5 nitrogen and oxygen atoms in total. The molecule has 1 N–H and O–H groups in total. The number of esters is 1. The molecule has 0 amide bonds. The molecular weight excluding hydrogens is 308 g/mol. The van der Waals surface area contributed by atoms with E-state index in [4.69, 9.17) is 4.74 Å². The maximum Gasteiger partial charge on any atom is 0.336 e. The predicted molar refractivity (Wildman–Crippen MR) is 89.2 cm³/mol. The third kappa shape index (κ3) is 3.00. The van der Waals surface area contributed by atoms with Crippen LogP contribution in [0.25, 0.3) is 0 Å². The Hall–Kier alpha value is -2.01. The summed E-state index contributed by atoms with van der Waals surface area (Å²) < 4.78 is 5.01. The predicted octanol–water partition coefficient (Wildman–Crippen LogP) is 2.90. The van der Waals surface area contributed by atoms with Gasteiger partial charge >= 0.3 is 5.97 Å². The molecule has 2 rings (SSSR count). The van der Waals surface area contributed by atoms with E-state index in [9.17, 15) is 19.5 Å². The molecule has 1 aliphatic carbocycles. The van der Waals surface area contributed by atoms with Crippen molar-refractivity contribution in [3.05, 3.63) is 34.9 Å². The van der Waals surface area contributed by atoms with Gasteiger partial charge in [-0.25, -0.2) is 4.79 Å². The van der Waals surface area contributed by atoms with Gasteiger partial charge in [0.2, 0.25) is 0 Å². The van der Waals surface area contributed by atoms with E-state index in [1.165, 1.54) is 6.92 Å². The minimum absolute atomic E-state index is 0.0943. The Morgan fingerprint density at radius 2 is 1.83 bits per heavy atom. The number of carbonyl (C=O) groups is 3. The second kappa shape index (κ2) is 6.48. The van der Waals surface area contributed by atoms with Gasteiger partial charge in [0.1, 0.15) is 0 Å². The van der Waals surface area contributed by atoms with E-state index < -0.39 is 29.4 Å². The van der Waals surface area contributed by atoms with Crippen LogP contribution < -0.4 is 0 Å². The maximum atomic E-state index is 13.0. The summed E-state index contributed by atoms with van der Waals surface area (Å²) in [6.07, 6.45) is -2.30. The molecule has 1 aliphatic rings. The molecule has 0 aliphatic heterocycles. The van der Waals surface area contributed by atoms with Gasteiger partial charge in [0.05, 0.1) is 11.5 Å². The number of carbonyl (C=O) groups excluding carboxylic acids is 3. The SMILES string of the molecule is CC(C)OC(=O)C(O)C1(C)CC(=O)c2c(cccc2C(C)C)C1=O. The van der Waals surface area contributed by atoms with Gasteiger partial charge in [0, 0.05) is 17.5 Å². The van der Waals surface area contributed by atoms with Gasteiger partial charge < -0.3 is 9.84 Å². The number of Topliss-reactive ketones (excluding diaryl/α,β-unsaturated/α-hetero) is 2. The summed E-state index contributed by atoms with van der Waals surface area (Å²) in [6.45, 7) is 8.67. The normalized spacial score (nSPS) is 21.8. The third-order valence-electron chi connectivity index (χ3n) is 4.47. The molecule has 0 spiro atoms. The minimum atomic E-state index is -1.67. The summed E-state index contributed by atoms with van der Waals surface area (Å²) in [5, 5.41) is 10.4. The Labute approximate surface area is 142 Å². The van der Waals surface area contributed by atoms with E-state index in [-0.39, 0.29) is 23.7 Å². The van der Waals surface area contributed by atoms with E-state index in [1.54, 1.807) is 26.0 Å². The first-order chi connectivity index (χ1) is 11.1. The second-order valence-corrected chi connectivity index (χ2v) is 7.16. The van der Waals surface area contributed by atoms with Crippen molar-refractivity contribution in [2.75, 3.05) is 0 Å². The third-order valence-corrected chi connectivity index (χ3v) is 4.47. The Balaban J connectivity index is 2.48. The molecule has 2 atom stereocenters. The smallest absolute Gasteiger partial charge is 0.336 e. The van der Waals surface area contributed by atoms with Crippen molar-refractivity contribution in [2.24, 2.45) is 5.41 Å². The number of benzene rings is 1. The first-order valence-corrected chi connectivity index (χ1v) is 8.19. The number of hydrogen-bond acceptors (Lipinski definition) is 5. The molecule has 1 aromatic carbocycles. The van der Waals surface area contributed by atoms with Crippen LogP contribution in [0.5, 0.6) is 0 Å². The quantitative estimate of drug-likeness (QED) is 0.858.